The monoisotopic (exact) mass is 785 g/mol. The molecule has 3 aliphatic rings. The number of amides is 1. The van der Waals surface area contributed by atoms with Crippen LogP contribution in [0.1, 0.15) is 93.4 Å². The van der Waals surface area contributed by atoms with Crippen LogP contribution in [0.15, 0.2) is 24.7 Å². The fourth-order valence-electron chi connectivity index (χ4n) is 9.12. The molecule has 3 aliphatic heterocycles. The maximum atomic E-state index is 14.5. The van der Waals surface area contributed by atoms with Crippen LogP contribution in [-0.4, -0.2) is 135 Å². The van der Waals surface area contributed by atoms with Crippen molar-refractivity contribution >= 4 is 34.8 Å². The van der Waals surface area contributed by atoms with Crippen LogP contribution in [-0.2, 0) is 44.6 Å². The van der Waals surface area contributed by atoms with Gasteiger partial charge in [-0.1, -0.05) is 27.7 Å². The number of aromatic nitrogens is 3. The van der Waals surface area contributed by atoms with Crippen LogP contribution in [0.25, 0.3) is 11.2 Å². The number of aliphatic hydroxyl groups is 1. The van der Waals surface area contributed by atoms with Crippen molar-refractivity contribution in [3.05, 3.63) is 24.7 Å². The summed E-state index contributed by atoms with van der Waals surface area (Å²) in [7, 11) is 5.24. The molecule has 15 nitrogen and oxygen atoms in total. The number of pyridine rings is 1. The number of Topliss-reactive ketones (excluding diaryl/α,β-unsaturated/α-hetero) is 2. The van der Waals surface area contributed by atoms with Crippen molar-refractivity contribution in [2.45, 2.75) is 154 Å². The van der Waals surface area contributed by atoms with Gasteiger partial charge in [0.2, 0.25) is 0 Å². The van der Waals surface area contributed by atoms with Gasteiger partial charge in [0.15, 0.2) is 23.3 Å². The van der Waals surface area contributed by atoms with E-state index in [0.717, 1.165) is 5.52 Å². The van der Waals surface area contributed by atoms with Gasteiger partial charge in [0.1, 0.15) is 23.9 Å². The number of ether oxygens (including phenoxy) is 5. The van der Waals surface area contributed by atoms with Crippen LogP contribution in [0.4, 0.5) is 4.79 Å². The maximum absolute atomic E-state index is 14.5. The number of nitrogens with zero attached hydrogens (tertiary/aromatic N) is 5. The number of aryl methyl sites for hydroxylation is 1. The molecule has 15 heteroatoms. The second kappa shape index (κ2) is 18.0. The summed E-state index contributed by atoms with van der Waals surface area (Å²) in [5.74, 6) is -4.13. The van der Waals surface area contributed by atoms with Crippen molar-refractivity contribution in [3.63, 3.8) is 0 Å². The minimum atomic E-state index is -1.33. The number of carbonyl (C=O) groups is 4. The van der Waals surface area contributed by atoms with E-state index in [9.17, 15) is 24.3 Å². The summed E-state index contributed by atoms with van der Waals surface area (Å²) in [5.41, 5.74) is -0.996. The van der Waals surface area contributed by atoms with E-state index in [1.54, 1.807) is 31.3 Å². The number of hydrogen-bond acceptors (Lipinski definition) is 13. The topological polar surface area (TPSA) is 172 Å². The minimum absolute atomic E-state index is 0.0472. The SMILES string of the molecule is CC[C@H]1OC(=O)[C@H](C)C(=O)[C@H](C)[C@@H](OC2O[C@H](C)C[C@H](N(C)C)[C@H]2O)[C@](C)(OC)C[C@@H](C)C(=O)C[C@H]2N(CCCCn3cnc4ncccc43)C(=O)O[C@]12CC. The first-order valence-corrected chi connectivity index (χ1v) is 20.2. The Kier molecular flexibility index (Phi) is 14.0. The average Bonchev–Trinajstić information content (AvgIpc) is 3.71. The lowest BCUT2D eigenvalue weighted by Crippen LogP contribution is -2.59. The number of hydrogen-bond donors (Lipinski definition) is 1. The first-order chi connectivity index (χ1) is 26.5. The molecule has 2 aromatic heterocycles. The predicted molar refractivity (Wildman–Crippen MR) is 206 cm³/mol. The molecular weight excluding hydrogens is 722 g/mol. The molecule has 3 fully saturated rings. The average molecular weight is 786 g/mol. The van der Waals surface area contributed by atoms with Crippen LogP contribution in [0.2, 0.25) is 0 Å². The highest BCUT2D eigenvalue weighted by Gasteiger charge is 2.59. The summed E-state index contributed by atoms with van der Waals surface area (Å²) >= 11 is 0. The number of fused-ring (bicyclic) bond motifs is 2. The van der Waals surface area contributed by atoms with Crippen LogP contribution in [0, 0.1) is 17.8 Å². The Balaban J connectivity index is 1.46. The zero-order valence-corrected chi connectivity index (χ0v) is 34.8. The van der Waals surface area contributed by atoms with Crippen LogP contribution >= 0.6 is 0 Å². The molecule has 3 saturated heterocycles. The summed E-state index contributed by atoms with van der Waals surface area (Å²) in [6.45, 7) is 13.3. The van der Waals surface area contributed by atoms with E-state index in [1.807, 2.05) is 63.4 Å². The van der Waals surface area contributed by atoms with Crippen LogP contribution in [0.5, 0.6) is 0 Å². The van der Waals surface area contributed by atoms with Crippen molar-refractivity contribution in [2.24, 2.45) is 17.8 Å². The Morgan fingerprint density at radius 2 is 1.77 bits per heavy atom. The number of unbranched alkanes of at least 4 members (excludes halogenated alkanes) is 1. The van der Waals surface area contributed by atoms with Crippen LogP contribution < -0.4 is 0 Å². The second-order valence-corrected chi connectivity index (χ2v) is 16.5. The lowest BCUT2D eigenvalue weighted by atomic mass is 9.75. The summed E-state index contributed by atoms with van der Waals surface area (Å²) in [6, 6.07) is 2.81. The highest BCUT2D eigenvalue weighted by Crippen LogP contribution is 2.43. The van der Waals surface area contributed by atoms with Crippen molar-refractivity contribution in [1.29, 1.82) is 0 Å². The molecule has 0 bridgehead atoms. The summed E-state index contributed by atoms with van der Waals surface area (Å²) in [5, 5.41) is 11.4. The number of likely N-dealkylation sites (N-methyl/N-ethyl adjacent to an activating group) is 1. The fourth-order valence-corrected chi connectivity index (χ4v) is 9.12. The summed E-state index contributed by atoms with van der Waals surface area (Å²) in [4.78, 5) is 68.8. The van der Waals surface area contributed by atoms with Crippen molar-refractivity contribution in [1.82, 2.24) is 24.3 Å². The third kappa shape index (κ3) is 8.66. The number of rotatable bonds is 11. The van der Waals surface area contributed by atoms with Gasteiger partial charge in [-0.3, -0.25) is 14.4 Å². The van der Waals surface area contributed by atoms with E-state index < -0.39 is 77.4 Å². The number of imidazole rings is 1. The van der Waals surface area contributed by atoms with Gasteiger partial charge in [0.25, 0.3) is 0 Å². The zero-order chi connectivity index (χ0) is 41.1. The van der Waals surface area contributed by atoms with Gasteiger partial charge in [-0.25, -0.2) is 14.8 Å². The fraction of sp³-hybridized carbons (Fsp3) is 0.756. The van der Waals surface area contributed by atoms with E-state index >= 15 is 0 Å². The largest absolute Gasteiger partial charge is 0.457 e. The Morgan fingerprint density at radius 3 is 2.43 bits per heavy atom. The molecule has 1 N–H and O–H groups in total. The van der Waals surface area contributed by atoms with Gasteiger partial charge in [-0.2, -0.15) is 0 Å². The molecule has 5 rings (SSSR count). The molecule has 0 aliphatic carbocycles. The molecule has 12 atom stereocenters. The molecule has 312 valence electrons. The van der Waals surface area contributed by atoms with E-state index in [-0.39, 0.29) is 43.6 Å². The van der Waals surface area contributed by atoms with Gasteiger partial charge < -0.3 is 43.2 Å². The molecule has 0 aromatic carbocycles. The first kappa shape index (κ1) is 43.6. The normalized spacial score (nSPS) is 36.4. The molecule has 0 spiro atoms. The number of aliphatic hydroxyl groups excluding tert-OH is 1. The molecule has 1 amide bonds. The van der Waals surface area contributed by atoms with Crippen molar-refractivity contribution < 1.29 is 48.0 Å². The lowest BCUT2D eigenvalue weighted by molar-refractivity contribution is -0.295. The standard InChI is InChI=1S/C41H63N5O10/c1-11-32-41(12-2)31(46(39(51)56-41)19-14-13-18-45-23-43-36-28(45)16-15-17-42-36)21-30(47)24(3)22-40(7,52-10)35(26(5)33(48)27(6)37(50)54-32)55-38-34(49)29(44(8)9)20-25(4)53-38/h15-17,23-27,29,31-32,34-35,38,49H,11-14,18-22H2,1-10H3/t24-,25-,26+,27-,29+,31-,32-,34-,35-,38?,40-,41+/m1/s1. The van der Waals surface area contributed by atoms with Gasteiger partial charge >= 0.3 is 12.1 Å². The number of carbonyl (C=O) groups excluding carboxylic acids is 4. The van der Waals surface area contributed by atoms with Crippen molar-refractivity contribution in [3.8, 4) is 0 Å². The number of ketones is 2. The summed E-state index contributed by atoms with van der Waals surface area (Å²) < 4.78 is 33.3. The van der Waals surface area contributed by atoms with Gasteiger partial charge in [-0.15, -0.1) is 0 Å². The predicted octanol–water partition coefficient (Wildman–Crippen LogP) is 4.56. The molecule has 56 heavy (non-hydrogen) atoms. The summed E-state index contributed by atoms with van der Waals surface area (Å²) in [6.07, 6.45) is 1.07. The van der Waals surface area contributed by atoms with E-state index in [1.165, 1.54) is 14.0 Å². The highest BCUT2D eigenvalue weighted by molar-refractivity contribution is 6.00. The Morgan fingerprint density at radius 1 is 1.05 bits per heavy atom. The molecule has 5 heterocycles. The lowest BCUT2D eigenvalue weighted by Gasteiger charge is -2.47. The highest BCUT2D eigenvalue weighted by atomic mass is 16.7. The third-order valence-electron chi connectivity index (χ3n) is 12.6. The van der Waals surface area contributed by atoms with E-state index in [0.29, 0.717) is 38.0 Å². The van der Waals surface area contributed by atoms with Crippen molar-refractivity contribution in [2.75, 3.05) is 27.7 Å². The Hall–Kier alpha value is -3.50. The zero-order valence-electron chi connectivity index (χ0n) is 34.8. The van der Waals surface area contributed by atoms with Gasteiger partial charge in [-0.05, 0) is 85.5 Å². The number of cyclic esters (lactones) is 1. The second-order valence-electron chi connectivity index (χ2n) is 16.5. The van der Waals surface area contributed by atoms with E-state index in [2.05, 4.69) is 9.97 Å². The van der Waals surface area contributed by atoms with Gasteiger partial charge in [0.05, 0.1) is 35.7 Å². The number of methoxy groups -OCH3 is 1. The number of esters is 1. The molecule has 0 radical (unpaired) electrons. The minimum Gasteiger partial charge on any atom is -0.457 e. The van der Waals surface area contributed by atoms with Gasteiger partial charge in [0, 0.05) is 50.7 Å². The Bertz CT molecular complexity index is 1700. The first-order valence-electron chi connectivity index (χ1n) is 20.2. The molecular formula is C41H63N5O10. The molecule has 2 aromatic rings. The van der Waals surface area contributed by atoms with Crippen LogP contribution in [0.3, 0.4) is 0 Å². The maximum Gasteiger partial charge on any atom is 0.410 e. The molecule has 0 saturated carbocycles. The Labute approximate surface area is 330 Å². The molecule has 1 unspecified atom stereocenters. The smallest absolute Gasteiger partial charge is 0.410 e. The van der Waals surface area contributed by atoms with E-state index in [4.69, 9.17) is 23.7 Å². The quantitative estimate of drug-likeness (QED) is 0.191. The third-order valence-corrected chi connectivity index (χ3v) is 12.6.